The van der Waals surface area contributed by atoms with E-state index in [0.29, 0.717) is 12.8 Å². The van der Waals surface area contributed by atoms with Crippen molar-refractivity contribution in [1.82, 2.24) is 10.2 Å². The van der Waals surface area contributed by atoms with Crippen molar-refractivity contribution in [3.63, 3.8) is 0 Å². The molecule has 11 nitrogen and oxygen atoms in total. The number of carboxylic acids is 1. The van der Waals surface area contributed by atoms with Gasteiger partial charge in [0.05, 0.1) is 35.4 Å². The van der Waals surface area contributed by atoms with Crippen LogP contribution in [0.15, 0.2) is 65.2 Å². The number of carboxylic acid groups (broad SMARTS) is 1. The number of amidine groups is 1. The molecular formula is C32H31N3O8. The number of ketones is 2. The first kappa shape index (κ1) is 29.7. The first-order valence-corrected chi connectivity index (χ1v) is 14.2. The van der Waals surface area contributed by atoms with E-state index in [-0.39, 0.29) is 40.4 Å². The number of imide groups is 1. The highest BCUT2D eigenvalue weighted by molar-refractivity contribution is 6.41. The number of nitrogens with one attached hydrogen (secondary N) is 1. The Morgan fingerprint density at radius 3 is 1.91 bits per heavy atom. The largest absolute Gasteiger partial charge is 0.478 e. The van der Waals surface area contributed by atoms with Crippen molar-refractivity contribution in [3.8, 4) is 0 Å². The second kappa shape index (κ2) is 11.8. The summed E-state index contributed by atoms with van der Waals surface area (Å²) in [5, 5.41) is 12.8. The zero-order chi connectivity index (χ0) is 31.0. The minimum absolute atomic E-state index is 0.0552. The van der Waals surface area contributed by atoms with Crippen molar-refractivity contribution in [3.05, 3.63) is 82.4 Å². The lowest BCUT2D eigenvalue weighted by atomic mass is 9.87. The number of hydrogen-bond acceptors (Lipinski definition) is 8. The van der Waals surface area contributed by atoms with E-state index in [1.807, 2.05) is 13.8 Å². The second-order valence-corrected chi connectivity index (χ2v) is 10.7. The maximum Gasteiger partial charge on any atom is 0.331 e. The highest BCUT2D eigenvalue weighted by Gasteiger charge is 2.50. The first-order chi connectivity index (χ1) is 20.6. The van der Waals surface area contributed by atoms with E-state index in [4.69, 9.17) is 9.73 Å². The average Bonchev–Trinajstić information content (AvgIpc) is 3.40. The molecule has 2 N–H and O–H groups in total. The van der Waals surface area contributed by atoms with Crippen molar-refractivity contribution >= 4 is 41.1 Å². The predicted molar refractivity (Wildman–Crippen MR) is 154 cm³/mol. The summed E-state index contributed by atoms with van der Waals surface area (Å²) in [6.45, 7) is 5.12. The monoisotopic (exact) mass is 585 g/mol. The number of fused-ring (bicyclic) bond motifs is 2. The van der Waals surface area contributed by atoms with Crippen LogP contribution in [0.3, 0.4) is 0 Å². The lowest BCUT2D eigenvalue weighted by Gasteiger charge is -2.37. The highest BCUT2D eigenvalue weighted by Crippen LogP contribution is 2.34. The highest BCUT2D eigenvalue weighted by atomic mass is 16.5. The number of carbonyl (C=O) groups excluding carboxylic acids is 5. The van der Waals surface area contributed by atoms with E-state index in [0.717, 1.165) is 4.90 Å². The van der Waals surface area contributed by atoms with Crippen molar-refractivity contribution in [2.45, 2.75) is 64.3 Å². The van der Waals surface area contributed by atoms with E-state index in [2.05, 4.69) is 5.32 Å². The Labute approximate surface area is 247 Å². The van der Waals surface area contributed by atoms with Crippen LogP contribution >= 0.6 is 0 Å². The number of benzene rings is 2. The summed E-state index contributed by atoms with van der Waals surface area (Å²) in [4.78, 5) is 84.7. The summed E-state index contributed by atoms with van der Waals surface area (Å²) < 4.78 is 6.23. The van der Waals surface area contributed by atoms with Gasteiger partial charge >= 0.3 is 5.97 Å². The van der Waals surface area contributed by atoms with Crippen molar-refractivity contribution in [2.24, 2.45) is 10.9 Å². The van der Waals surface area contributed by atoms with Crippen LogP contribution in [-0.2, 0) is 14.3 Å². The standard InChI is InChI=1S/C32H31N3O8/c1-4-18(5-2)43-24-15-17(32(41)42)14-23(26(24)33-16(3)36)34-29(25-27(37)19-10-6-7-11-20(19)28(25)38)35-30(39)21-12-8-9-13-22(21)31(35)40/h6-13,15,18,23-26H,4-5,14H2,1-3H3,(H,33,36)(H,41,42)/t23-,24+,26+/m0/s1. The van der Waals surface area contributed by atoms with Crippen LogP contribution in [0.4, 0.5) is 0 Å². The Bertz CT molecular complexity index is 1460. The molecule has 3 amide bonds. The maximum atomic E-state index is 13.7. The second-order valence-electron chi connectivity index (χ2n) is 10.7. The minimum atomic E-state index is -1.63. The Balaban J connectivity index is 1.68. The van der Waals surface area contributed by atoms with Gasteiger partial charge in [0, 0.05) is 30.0 Å². The molecule has 0 saturated carbocycles. The molecule has 0 aromatic heterocycles. The SMILES string of the molecule is CCC(CC)O[C@@H]1C=C(C(=O)O)C[C@H](N=C(C2C(=O)c3ccccc3C2=O)N2C(=O)c3ccccc3C2=O)[C@H]1NC(C)=O. The lowest BCUT2D eigenvalue weighted by molar-refractivity contribution is -0.133. The molecule has 0 spiro atoms. The van der Waals surface area contributed by atoms with E-state index in [9.17, 15) is 33.9 Å². The van der Waals surface area contributed by atoms with Gasteiger partial charge in [-0.15, -0.1) is 0 Å². The summed E-state index contributed by atoms with van der Waals surface area (Å²) in [5.74, 6) is -6.52. The smallest absolute Gasteiger partial charge is 0.331 e. The van der Waals surface area contributed by atoms with Gasteiger partial charge in [-0.05, 0) is 31.1 Å². The van der Waals surface area contributed by atoms with Gasteiger partial charge in [0.2, 0.25) is 5.91 Å². The van der Waals surface area contributed by atoms with Gasteiger partial charge in [-0.1, -0.05) is 50.2 Å². The average molecular weight is 586 g/mol. The third kappa shape index (κ3) is 5.32. The molecule has 3 atom stereocenters. The van der Waals surface area contributed by atoms with Gasteiger partial charge in [-0.25, -0.2) is 9.69 Å². The Morgan fingerprint density at radius 2 is 1.44 bits per heavy atom. The van der Waals surface area contributed by atoms with Gasteiger partial charge in [0.25, 0.3) is 11.8 Å². The van der Waals surface area contributed by atoms with Crippen LogP contribution < -0.4 is 5.32 Å². The summed E-state index contributed by atoms with van der Waals surface area (Å²) in [7, 11) is 0. The minimum Gasteiger partial charge on any atom is -0.478 e. The summed E-state index contributed by atoms with van der Waals surface area (Å²) in [6, 6.07) is 10.2. The van der Waals surface area contributed by atoms with E-state index in [1.54, 1.807) is 24.3 Å². The lowest BCUT2D eigenvalue weighted by Crippen LogP contribution is -2.54. The van der Waals surface area contributed by atoms with Gasteiger partial charge in [-0.2, -0.15) is 0 Å². The van der Waals surface area contributed by atoms with Crippen molar-refractivity contribution in [2.75, 3.05) is 0 Å². The fourth-order valence-electron chi connectivity index (χ4n) is 5.87. The van der Waals surface area contributed by atoms with Gasteiger partial charge in [0.15, 0.2) is 11.6 Å². The molecule has 2 aliphatic carbocycles. The fourth-order valence-corrected chi connectivity index (χ4v) is 5.87. The molecule has 1 heterocycles. The molecule has 0 unspecified atom stereocenters. The number of aliphatic imine (C=N–C) groups is 1. The Kier molecular flexibility index (Phi) is 8.19. The Hall–Kier alpha value is -4.77. The number of rotatable bonds is 8. The van der Waals surface area contributed by atoms with Crippen LogP contribution in [0.1, 0.15) is 81.5 Å². The topological polar surface area (TPSA) is 160 Å². The molecule has 2 aromatic carbocycles. The van der Waals surface area contributed by atoms with Crippen LogP contribution in [0, 0.1) is 5.92 Å². The Morgan fingerprint density at radius 1 is 0.930 bits per heavy atom. The summed E-state index contributed by atoms with van der Waals surface area (Å²) in [5.41, 5.74) is 0.368. The zero-order valence-corrected chi connectivity index (χ0v) is 23.9. The van der Waals surface area contributed by atoms with Crippen LogP contribution in [0.5, 0.6) is 0 Å². The molecule has 3 aliphatic rings. The zero-order valence-electron chi connectivity index (χ0n) is 23.9. The molecule has 1 aliphatic heterocycles. The molecule has 43 heavy (non-hydrogen) atoms. The first-order valence-electron chi connectivity index (χ1n) is 14.2. The number of hydrogen-bond donors (Lipinski definition) is 2. The summed E-state index contributed by atoms with van der Waals surface area (Å²) in [6.07, 6.45) is 1.24. The molecular weight excluding hydrogens is 554 g/mol. The normalized spacial score (nSPS) is 22.1. The van der Waals surface area contributed by atoms with Crippen LogP contribution in [0.25, 0.3) is 0 Å². The third-order valence-electron chi connectivity index (χ3n) is 8.03. The molecule has 0 bridgehead atoms. The van der Waals surface area contributed by atoms with E-state index < -0.39 is 65.2 Å². The molecule has 0 fully saturated rings. The number of nitrogens with zero attached hydrogens (tertiary/aromatic N) is 2. The molecule has 0 saturated heterocycles. The van der Waals surface area contributed by atoms with E-state index >= 15 is 0 Å². The quantitative estimate of drug-likeness (QED) is 0.207. The van der Waals surface area contributed by atoms with Gasteiger partial charge < -0.3 is 15.2 Å². The van der Waals surface area contributed by atoms with Crippen LogP contribution in [0.2, 0.25) is 0 Å². The maximum absolute atomic E-state index is 13.7. The number of amides is 3. The number of carbonyl (C=O) groups is 6. The predicted octanol–water partition coefficient (Wildman–Crippen LogP) is 3.24. The number of ether oxygens (including phenoxy) is 1. The molecule has 222 valence electrons. The molecule has 2 aromatic rings. The summed E-state index contributed by atoms with van der Waals surface area (Å²) >= 11 is 0. The van der Waals surface area contributed by atoms with Crippen LogP contribution in [-0.4, -0.2) is 75.4 Å². The number of aliphatic carboxylic acids is 1. The fraction of sp³-hybridized carbons (Fsp3) is 0.344. The van der Waals surface area contributed by atoms with Gasteiger partial charge in [0.1, 0.15) is 11.8 Å². The van der Waals surface area contributed by atoms with Crippen molar-refractivity contribution in [1.29, 1.82) is 0 Å². The molecule has 11 heteroatoms. The van der Waals surface area contributed by atoms with Gasteiger partial charge in [-0.3, -0.25) is 29.0 Å². The molecule has 5 rings (SSSR count). The number of Topliss-reactive ketones (excluding diaryl/α,β-unsaturated/α-hetero) is 2. The molecule has 0 radical (unpaired) electrons. The van der Waals surface area contributed by atoms with Crippen molar-refractivity contribution < 1.29 is 38.6 Å². The third-order valence-corrected chi connectivity index (χ3v) is 8.03. The van der Waals surface area contributed by atoms with E-state index in [1.165, 1.54) is 37.3 Å².